The average Bonchev–Trinajstić information content (AvgIpc) is 2.48. The molecule has 0 spiro atoms. The molecular weight excluding hydrogens is 226 g/mol. The number of hydrogen-bond donors (Lipinski definition) is 3. The first-order valence-corrected chi connectivity index (χ1v) is 6.11. The van der Waals surface area contributed by atoms with Crippen molar-refractivity contribution in [2.45, 2.75) is 39.4 Å². The van der Waals surface area contributed by atoms with Crippen LogP contribution in [0.25, 0.3) is 0 Å². The lowest BCUT2D eigenvalue weighted by atomic mass is 10.3. The lowest BCUT2D eigenvalue weighted by Crippen LogP contribution is -2.11. The van der Waals surface area contributed by atoms with Gasteiger partial charge in [-0.2, -0.15) is 4.37 Å². The number of nitrogen functional groups attached to an aromatic ring is 1. The number of aliphatic hydroxyl groups excluding tert-OH is 1. The van der Waals surface area contributed by atoms with E-state index in [4.69, 9.17) is 15.6 Å². The predicted octanol–water partition coefficient (Wildman–Crippen LogP) is 1.70. The normalized spacial score (nSPS) is 12.8. The van der Waals surface area contributed by atoms with E-state index in [1.54, 1.807) is 6.92 Å². The highest BCUT2D eigenvalue weighted by Gasteiger charge is 2.14. The molecule has 1 heterocycles. The number of aliphatic hydroxyl groups is 1. The Morgan fingerprint density at radius 3 is 2.75 bits per heavy atom. The standard InChI is InChI=1S/C10H19N3O2S/c1-6(2)15-8-9(11)13-16-10(8)12-5-4-7(3)14/h6-7,12,14H,4-5H2,1-3H3,(H2,11,13). The van der Waals surface area contributed by atoms with Gasteiger partial charge in [-0.25, -0.2) is 0 Å². The van der Waals surface area contributed by atoms with Crippen molar-refractivity contribution in [2.24, 2.45) is 0 Å². The van der Waals surface area contributed by atoms with E-state index >= 15 is 0 Å². The van der Waals surface area contributed by atoms with Gasteiger partial charge in [0.1, 0.15) is 0 Å². The average molecular weight is 245 g/mol. The quantitative estimate of drug-likeness (QED) is 0.710. The van der Waals surface area contributed by atoms with Gasteiger partial charge in [-0.3, -0.25) is 0 Å². The SMILES string of the molecule is CC(O)CCNc1snc(N)c1OC(C)C. The van der Waals surface area contributed by atoms with Crippen LogP contribution >= 0.6 is 11.5 Å². The van der Waals surface area contributed by atoms with Crippen molar-refractivity contribution in [1.82, 2.24) is 4.37 Å². The summed E-state index contributed by atoms with van der Waals surface area (Å²) in [5.41, 5.74) is 5.71. The first kappa shape index (κ1) is 13.1. The maximum absolute atomic E-state index is 9.14. The smallest absolute Gasteiger partial charge is 0.197 e. The summed E-state index contributed by atoms with van der Waals surface area (Å²) < 4.78 is 9.61. The van der Waals surface area contributed by atoms with Gasteiger partial charge in [-0.15, -0.1) is 0 Å². The molecule has 6 heteroatoms. The Hall–Kier alpha value is -1.01. The molecule has 0 aliphatic heterocycles. The third-order valence-corrected chi connectivity index (χ3v) is 2.68. The fraction of sp³-hybridized carbons (Fsp3) is 0.700. The molecule has 92 valence electrons. The highest BCUT2D eigenvalue weighted by atomic mass is 32.1. The van der Waals surface area contributed by atoms with Gasteiger partial charge in [0, 0.05) is 6.54 Å². The molecular formula is C10H19N3O2S. The largest absolute Gasteiger partial charge is 0.484 e. The monoisotopic (exact) mass is 245 g/mol. The van der Waals surface area contributed by atoms with Crippen molar-refractivity contribution in [1.29, 1.82) is 0 Å². The Labute approximate surface area is 99.8 Å². The number of hydrogen-bond acceptors (Lipinski definition) is 6. The molecule has 4 N–H and O–H groups in total. The number of nitrogens with zero attached hydrogens (tertiary/aromatic N) is 1. The second-order valence-electron chi connectivity index (χ2n) is 3.96. The molecule has 0 radical (unpaired) electrons. The molecule has 0 bridgehead atoms. The summed E-state index contributed by atoms with van der Waals surface area (Å²) in [6.07, 6.45) is 0.432. The minimum absolute atomic E-state index is 0.0658. The molecule has 0 saturated carbocycles. The molecule has 1 atom stereocenters. The first-order valence-electron chi connectivity index (χ1n) is 5.34. The predicted molar refractivity (Wildman–Crippen MR) is 67.1 cm³/mol. The fourth-order valence-corrected chi connectivity index (χ4v) is 1.83. The van der Waals surface area contributed by atoms with E-state index in [2.05, 4.69) is 9.69 Å². The van der Waals surface area contributed by atoms with Gasteiger partial charge in [0.15, 0.2) is 16.6 Å². The fourth-order valence-electron chi connectivity index (χ4n) is 1.15. The Balaban J connectivity index is 2.58. The van der Waals surface area contributed by atoms with E-state index in [0.29, 0.717) is 24.5 Å². The zero-order valence-corrected chi connectivity index (χ0v) is 10.7. The van der Waals surface area contributed by atoms with Crippen LogP contribution in [0.2, 0.25) is 0 Å². The zero-order valence-electron chi connectivity index (χ0n) is 9.86. The summed E-state index contributed by atoms with van der Waals surface area (Å²) in [6, 6.07) is 0. The van der Waals surface area contributed by atoms with Crippen molar-refractivity contribution < 1.29 is 9.84 Å². The van der Waals surface area contributed by atoms with Crippen LogP contribution in [0, 0.1) is 0 Å². The summed E-state index contributed by atoms with van der Waals surface area (Å²) in [6.45, 7) is 6.31. The molecule has 0 fully saturated rings. The van der Waals surface area contributed by atoms with Crippen LogP contribution in [0.1, 0.15) is 27.2 Å². The summed E-state index contributed by atoms with van der Waals surface area (Å²) in [5.74, 6) is 1.03. The molecule has 1 unspecified atom stereocenters. The number of anilines is 2. The molecule has 0 aromatic carbocycles. The number of aromatic nitrogens is 1. The van der Waals surface area contributed by atoms with E-state index in [1.165, 1.54) is 11.5 Å². The maximum atomic E-state index is 9.14. The highest BCUT2D eigenvalue weighted by molar-refractivity contribution is 7.11. The molecule has 16 heavy (non-hydrogen) atoms. The van der Waals surface area contributed by atoms with E-state index in [-0.39, 0.29) is 12.2 Å². The minimum atomic E-state index is -0.313. The van der Waals surface area contributed by atoms with Crippen LogP contribution in [0.15, 0.2) is 0 Å². The van der Waals surface area contributed by atoms with Gasteiger partial charge >= 0.3 is 0 Å². The highest BCUT2D eigenvalue weighted by Crippen LogP contribution is 2.35. The van der Waals surface area contributed by atoms with Crippen LogP contribution in [0.5, 0.6) is 5.75 Å². The van der Waals surface area contributed by atoms with Crippen LogP contribution in [0.3, 0.4) is 0 Å². The van der Waals surface area contributed by atoms with Gasteiger partial charge in [0.25, 0.3) is 0 Å². The first-order chi connectivity index (χ1) is 7.50. The van der Waals surface area contributed by atoms with Crippen molar-refractivity contribution in [3.05, 3.63) is 0 Å². The zero-order chi connectivity index (χ0) is 12.1. The Morgan fingerprint density at radius 2 is 2.19 bits per heavy atom. The van der Waals surface area contributed by atoms with Crippen LogP contribution in [0.4, 0.5) is 10.8 Å². The topological polar surface area (TPSA) is 80.4 Å². The van der Waals surface area contributed by atoms with Crippen LogP contribution in [-0.2, 0) is 0 Å². The summed E-state index contributed by atoms with van der Waals surface area (Å²) in [5, 5.41) is 13.1. The minimum Gasteiger partial charge on any atom is -0.484 e. The van der Waals surface area contributed by atoms with E-state index < -0.39 is 0 Å². The van der Waals surface area contributed by atoms with Gasteiger partial charge in [-0.05, 0) is 38.7 Å². The van der Waals surface area contributed by atoms with E-state index in [0.717, 1.165) is 5.00 Å². The molecule has 1 aromatic heterocycles. The maximum Gasteiger partial charge on any atom is 0.197 e. The molecule has 1 rings (SSSR count). The third kappa shape index (κ3) is 3.86. The van der Waals surface area contributed by atoms with Crippen LogP contribution in [-0.4, -0.2) is 28.2 Å². The summed E-state index contributed by atoms with van der Waals surface area (Å²) in [7, 11) is 0. The Bertz CT molecular complexity index is 326. The Morgan fingerprint density at radius 1 is 1.50 bits per heavy atom. The molecule has 0 aliphatic carbocycles. The Kier molecular flexibility index (Phi) is 4.82. The second kappa shape index (κ2) is 5.91. The summed E-state index contributed by atoms with van der Waals surface area (Å²) in [4.78, 5) is 0. The number of nitrogens with one attached hydrogen (secondary N) is 1. The molecule has 5 nitrogen and oxygen atoms in total. The van der Waals surface area contributed by atoms with E-state index in [1.807, 2.05) is 13.8 Å². The number of nitrogens with two attached hydrogens (primary N) is 1. The molecule has 0 saturated heterocycles. The van der Waals surface area contributed by atoms with Gasteiger partial charge in [0.2, 0.25) is 0 Å². The number of rotatable bonds is 6. The van der Waals surface area contributed by atoms with Gasteiger partial charge < -0.3 is 20.9 Å². The summed E-state index contributed by atoms with van der Waals surface area (Å²) >= 11 is 1.28. The third-order valence-electron chi connectivity index (χ3n) is 1.88. The van der Waals surface area contributed by atoms with Crippen LogP contribution < -0.4 is 15.8 Å². The lowest BCUT2D eigenvalue weighted by molar-refractivity contribution is 0.188. The van der Waals surface area contributed by atoms with Crippen molar-refractivity contribution in [2.75, 3.05) is 17.6 Å². The van der Waals surface area contributed by atoms with E-state index in [9.17, 15) is 0 Å². The van der Waals surface area contributed by atoms with Crippen molar-refractivity contribution in [3.63, 3.8) is 0 Å². The second-order valence-corrected chi connectivity index (χ2v) is 4.73. The molecule has 0 aliphatic rings. The van der Waals surface area contributed by atoms with Crippen molar-refractivity contribution >= 4 is 22.4 Å². The number of ether oxygens (including phenoxy) is 1. The van der Waals surface area contributed by atoms with Gasteiger partial charge in [-0.1, -0.05) is 0 Å². The molecule has 1 aromatic rings. The van der Waals surface area contributed by atoms with Gasteiger partial charge in [0.05, 0.1) is 12.2 Å². The lowest BCUT2D eigenvalue weighted by Gasteiger charge is -2.12. The molecule has 0 amide bonds. The van der Waals surface area contributed by atoms with Crippen molar-refractivity contribution in [3.8, 4) is 5.75 Å².